The topological polar surface area (TPSA) is 53.6 Å². The third-order valence-electron chi connectivity index (χ3n) is 2.41. The maximum absolute atomic E-state index is 4.26. The van der Waals surface area contributed by atoms with Crippen LogP contribution in [0, 0.1) is 6.92 Å². The number of pyridine rings is 1. The molecule has 0 saturated carbocycles. The molecule has 4 nitrogen and oxygen atoms in total. The Hall–Kier alpha value is -1.84. The number of nitrogens with one attached hydrogen (secondary N) is 2. The molecule has 0 saturated heterocycles. The Morgan fingerprint density at radius 1 is 1.17 bits per heavy atom. The molecule has 0 bridgehead atoms. The van der Waals surface area contributed by atoms with E-state index in [1.807, 2.05) is 39.1 Å². The van der Waals surface area contributed by atoms with Crippen molar-refractivity contribution in [2.45, 2.75) is 40.5 Å². The second-order valence-electron chi connectivity index (χ2n) is 4.19. The largest absolute Gasteiger partial charge is 0.323 e. The summed E-state index contributed by atoms with van der Waals surface area (Å²) < 4.78 is 0. The van der Waals surface area contributed by atoms with Crippen molar-refractivity contribution < 1.29 is 0 Å². The van der Waals surface area contributed by atoms with Crippen LogP contribution in [0.3, 0.4) is 0 Å². The van der Waals surface area contributed by atoms with Gasteiger partial charge in [-0.3, -0.25) is 5.10 Å². The van der Waals surface area contributed by atoms with E-state index >= 15 is 0 Å². The Kier molecular flexibility index (Phi) is 5.36. The van der Waals surface area contributed by atoms with Gasteiger partial charge in [-0.25, -0.2) is 4.98 Å². The first-order valence-corrected chi connectivity index (χ1v) is 6.40. The molecule has 2 heterocycles. The molecule has 2 aromatic heterocycles. The first kappa shape index (κ1) is 14.2. The predicted octanol–water partition coefficient (Wildman–Crippen LogP) is 4.01. The quantitative estimate of drug-likeness (QED) is 0.860. The van der Waals surface area contributed by atoms with Crippen molar-refractivity contribution in [2.75, 3.05) is 5.32 Å². The number of anilines is 2. The monoisotopic (exact) mass is 246 g/mol. The Bertz CT molecular complexity index is 474. The third kappa shape index (κ3) is 3.87. The van der Waals surface area contributed by atoms with Gasteiger partial charge < -0.3 is 5.32 Å². The maximum Gasteiger partial charge on any atom is 0.153 e. The first-order chi connectivity index (χ1) is 8.65. The Morgan fingerprint density at radius 2 is 1.89 bits per heavy atom. The highest BCUT2D eigenvalue weighted by molar-refractivity contribution is 5.52. The van der Waals surface area contributed by atoms with Gasteiger partial charge in [-0.1, -0.05) is 27.7 Å². The van der Waals surface area contributed by atoms with E-state index in [4.69, 9.17) is 0 Å². The highest BCUT2D eigenvalue weighted by Gasteiger charge is 2.03. The lowest BCUT2D eigenvalue weighted by Crippen LogP contribution is -1.96. The van der Waals surface area contributed by atoms with Gasteiger partial charge in [0.1, 0.15) is 5.82 Å². The fourth-order valence-corrected chi connectivity index (χ4v) is 1.49. The average molecular weight is 246 g/mol. The van der Waals surface area contributed by atoms with Crippen molar-refractivity contribution >= 4 is 11.6 Å². The number of H-pyrrole nitrogens is 1. The smallest absolute Gasteiger partial charge is 0.153 e. The average Bonchev–Trinajstić information content (AvgIpc) is 2.77. The molecule has 0 fully saturated rings. The van der Waals surface area contributed by atoms with E-state index < -0.39 is 0 Å². The van der Waals surface area contributed by atoms with Gasteiger partial charge in [0.15, 0.2) is 5.82 Å². The van der Waals surface area contributed by atoms with Crippen molar-refractivity contribution in [1.82, 2.24) is 15.2 Å². The molecule has 0 aliphatic carbocycles. The zero-order valence-corrected chi connectivity index (χ0v) is 11.8. The molecule has 4 heteroatoms. The molecule has 0 aliphatic heterocycles. The van der Waals surface area contributed by atoms with Crippen LogP contribution in [-0.2, 0) is 0 Å². The minimum atomic E-state index is 0.504. The molecule has 0 spiro atoms. The molecular weight excluding hydrogens is 224 g/mol. The van der Waals surface area contributed by atoms with Crippen LogP contribution < -0.4 is 5.32 Å². The molecule has 0 unspecified atom stereocenters. The van der Waals surface area contributed by atoms with Crippen molar-refractivity contribution in [2.24, 2.45) is 0 Å². The highest BCUT2D eigenvalue weighted by Crippen LogP contribution is 2.18. The number of rotatable bonds is 3. The number of hydrogen-bond acceptors (Lipinski definition) is 3. The number of aromatic nitrogens is 3. The summed E-state index contributed by atoms with van der Waals surface area (Å²) in [5.41, 5.74) is 2.30. The molecule has 0 amide bonds. The summed E-state index contributed by atoms with van der Waals surface area (Å²) in [6, 6.07) is 6.03. The van der Waals surface area contributed by atoms with Gasteiger partial charge in [-0.05, 0) is 30.5 Å². The van der Waals surface area contributed by atoms with Gasteiger partial charge in [0, 0.05) is 18.0 Å². The second kappa shape index (κ2) is 6.79. The predicted molar refractivity (Wildman–Crippen MR) is 76.3 cm³/mol. The van der Waals surface area contributed by atoms with Crippen molar-refractivity contribution in [1.29, 1.82) is 0 Å². The van der Waals surface area contributed by atoms with E-state index in [2.05, 4.69) is 40.4 Å². The van der Waals surface area contributed by atoms with Crippen molar-refractivity contribution in [3.63, 3.8) is 0 Å². The molecular formula is C14H22N4. The molecule has 18 heavy (non-hydrogen) atoms. The molecule has 2 aromatic rings. The van der Waals surface area contributed by atoms with Gasteiger partial charge in [0.2, 0.25) is 0 Å². The summed E-state index contributed by atoms with van der Waals surface area (Å²) >= 11 is 0. The van der Waals surface area contributed by atoms with Crippen LogP contribution in [0.5, 0.6) is 0 Å². The Balaban J connectivity index is 0.000000771. The van der Waals surface area contributed by atoms with E-state index in [-0.39, 0.29) is 0 Å². The number of nitrogens with zero attached hydrogens (tertiary/aromatic N) is 2. The lowest BCUT2D eigenvalue weighted by Gasteiger charge is -2.07. The molecule has 0 aromatic carbocycles. The molecule has 0 radical (unpaired) electrons. The molecule has 0 aliphatic rings. The van der Waals surface area contributed by atoms with Crippen LogP contribution >= 0.6 is 0 Å². The molecule has 98 valence electrons. The van der Waals surface area contributed by atoms with Gasteiger partial charge in [0.05, 0.1) is 0 Å². The minimum Gasteiger partial charge on any atom is -0.323 e. The van der Waals surface area contributed by atoms with E-state index in [0.717, 1.165) is 17.3 Å². The Labute approximate surface area is 109 Å². The number of aromatic amines is 1. The van der Waals surface area contributed by atoms with Crippen molar-refractivity contribution in [3.8, 4) is 0 Å². The summed E-state index contributed by atoms with van der Waals surface area (Å²) in [5.74, 6) is 2.13. The van der Waals surface area contributed by atoms with Gasteiger partial charge in [-0.2, -0.15) is 5.10 Å². The molecule has 2 N–H and O–H groups in total. The SMILES string of the molecule is CC.Cc1cc(Nc2cc(C(C)C)ccn2)n[nH]1. The number of aryl methyl sites for hydroxylation is 1. The zero-order valence-electron chi connectivity index (χ0n) is 11.8. The zero-order chi connectivity index (χ0) is 13.5. The molecule has 0 atom stereocenters. The summed E-state index contributed by atoms with van der Waals surface area (Å²) in [6.45, 7) is 10.3. The lowest BCUT2D eigenvalue weighted by molar-refractivity contribution is 0.863. The summed E-state index contributed by atoms with van der Waals surface area (Å²) in [5, 5.41) is 10.2. The van der Waals surface area contributed by atoms with Crippen LogP contribution in [0.25, 0.3) is 0 Å². The summed E-state index contributed by atoms with van der Waals surface area (Å²) in [7, 11) is 0. The van der Waals surface area contributed by atoms with Crippen LogP contribution in [0.2, 0.25) is 0 Å². The van der Waals surface area contributed by atoms with E-state index in [1.54, 1.807) is 0 Å². The van der Waals surface area contributed by atoms with Gasteiger partial charge in [0.25, 0.3) is 0 Å². The van der Waals surface area contributed by atoms with Crippen molar-refractivity contribution in [3.05, 3.63) is 35.7 Å². The van der Waals surface area contributed by atoms with Gasteiger partial charge >= 0.3 is 0 Å². The highest BCUT2D eigenvalue weighted by atomic mass is 15.2. The van der Waals surface area contributed by atoms with Crippen LogP contribution in [-0.4, -0.2) is 15.2 Å². The van der Waals surface area contributed by atoms with Crippen LogP contribution in [0.4, 0.5) is 11.6 Å². The standard InChI is InChI=1S/C12H16N4.C2H6/c1-8(2)10-4-5-13-11(7-10)14-12-6-9(3)15-16-12;1-2/h4-8H,1-3H3,(H2,13,14,15,16);1-2H3. The van der Waals surface area contributed by atoms with Crippen LogP contribution in [0.1, 0.15) is 44.9 Å². The van der Waals surface area contributed by atoms with E-state index in [9.17, 15) is 0 Å². The van der Waals surface area contributed by atoms with Gasteiger partial charge in [-0.15, -0.1) is 0 Å². The van der Waals surface area contributed by atoms with E-state index in [1.165, 1.54) is 5.56 Å². The van der Waals surface area contributed by atoms with Crippen LogP contribution in [0.15, 0.2) is 24.4 Å². The molecule has 2 rings (SSSR count). The summed E-state index contributed by atoms with van der Waals surface area (Å²) in [6.07, 6.45) is 1.82. The fourth-order valence-electron chi connectivity index (χ4n) is 1.49. The Morgan fingerprint density at radius 3 is 2.44 bits per heavy atom. The number of hydrogen-bond donors (Lipinski definition) is 2. The maximum atomic E-state index is 4.26. The second-order valence-corrected chi connectivity index (χ2v) is 4.19. The summed E-state index contributed by atoms with van der Waals surface area (Å²) in [4.78, 5) is 4.26. The normalized spacial score (nSPS) is 9.89. The minimum absolute atomic E-state index is 0.504. The third-order valence-corrected chi connectivity index (χ3v) is 2.41. The first-order valence-electron chi connectivity index (χ1n) is 6.40. The lowest BCUT2D eigenvalue weighted by atomic mass is 10.1. The van der Waals surface area contributed by atoms with E-state index in [0.29, 0.717) is 5.92 Å². The fraction of sp³-hybridized carbons (Fsp3) is 0.429.